The number of hydrogen-bond donors (Lipinski definition) is 2. The zero-order chi connectivity index (χ0) is 98.8. The third kappa shape index (κ3) is 31.2. The number of hydrogen-bond acceptors (Lipinski definition) is 24. The predicted octanol–water partition coefficient (Wildman–Crippen LogP) is 15.1. The molecule has 14 amide bonds. The van der Waals surface area contributed by atoms with E-state index in [1.807, 2.05) is 41.5 Å². The van der Waals surface area contributed by atoms with E-state index in [-0.39, 0.29) is 137 Å². The highest BCUT2D eigenvalue weighted by molar-refractivity contribution is 9.93. The Morgan fingerprint density at radius 3 is 0.850 bits per heavy atom. The highest BCUT2D eigenvalue weighted by Gasteiger charge is 2.48. The summed E-state index contributed by atoms with van der Waals surface area (Å²) in [6, 6.07) is 41.0. The Morgan fingerprint density at radius 1 is 0.414 bits per heavy atom. The molecule has 0 saturated carbocycles. The van der Waals surface area contributed by atoms with Crippen LogP contribution in [0.1, 0.15) is 218 Å². The van der Waals surface area contributed by atoms with Crippen molar-refractivity contribution in [2.24, 2.45) is 0 Å². The summed E-state index contributed by atoms with van der Waals surface area (Å²) in [5.74, 6) is -1.23. The summed E-state index contributed by atoms with van der Waals surface area (Å²) in [6.07, 6.45) is 7.19. The van der Waals surface area contributed by atoms with Crippen molar-refractivity contribution in [3.05, 3.63) is 238 Å². The molecule has 3 saturated heterocycles. The monoisotopic (exact) mass is 2210 g/mol. The van der Waals surface area contributed by atoms with Crippen molar-refractivity contribution < 1.29 is 111 Å². The molecule has 38 heteroatoms. The number of carbonyl (C=O) groups excluding carboxylic acids is 17. The molecule has 9 heterocycles. The quantitative estimate of drug-likeness (QED) is 0.00987. The lowest BCUT2D eigenvalue weighted by atomic mass is 10.1. The molecule has 3 fully saturated rings. The number of ketones is 2. The molecule has 6 aromatic rings. The number of halogens is 6. The Bertz CT molecular complexity index is 4920. The Morgan fingerprint density at radius 2 is 0.647 bits per heavy atom. The van der Waals surface area contributed by atoms with Crippen LogP contribution in [0.15, 0.2) is 171 Å². The number of Topliss-reactive ketones (excluding diaryl/α,β-unsaturated/α-hetero) is 2. The number of rotatable bonds is 21. The molecular weight excluding hydrogens is 2110 g/mol. The Hall–Kier alpha value is -10.7. The second-order valence-corrected chi connectivity index (χ2v) is 34.5. The second-order valence-electron chi connectivity index (χ2n) is 32.3. The van der Waals surface area contributed by atoms with E-state index >= 15 is 0 Å². The van der Waals surface area contributed by atoms with Crippen molar-refractivity contribution in [2.45, 2.75) is 116 Å². The van der Waals surface area contributed by atoms with Crippen LogP contribution in [0.25, 0.3) is 0 Å². The number of alkyl halides is 4. The molecule has 0 radical (unpaired) electrons. The van der Waals surface area contributed by atoms with Crippen LogP contribution in [0, 0.1) is 12.3 Å². The normalized spacial score (nSPS) is 17.2. The highest BCUT2D eigenvalue weighted by Crippen LogP contribution is 2.37. The zero-order valence-electron chi connectivity index (χ0n) is 74.8. The Kier molecular flexibility index (Phi) is 44.1. The molecule has 2 unspecified atom stereocenters. The second kappa shape index (κ2) is 52.8. The fourth-order valence-electron chi connectivity index (χ4n) is 13.2. The molecule has 9 aliphatic heterocycles. The van der Waals surface area contributed by atoms with E-state index in [1.165, 1.54) is 26.5 Å². The van der Waals surface area contributed by atoms with Gasteiger partial charge in [-0.25, -0.2) is 14.4 Å². The van der Waals surface area contributed by atoms with Crippen LogP contribution in [0.5, 0.6) is 0 Å². The van der Waals surface area contributed by atoms with Gasteiger partial charge in [-0.2, -0.15) is 5.26 Å². The number of ether oxygens (including phenoxy) is 4. The molecule has 0 spiro atoms. The maximum atomic E-state index is 12.2. The van der Waals surface area contributed by atoms with Crippen molar-refractivity contribution in [2.75, 3.05) is 113 Å². The van der Waals surface area contributed by atoms with Gasteiger partial charge in [-0.05, 0) is 141 Å². The van der Waals surface area contributed by atoms with E-state index in [4.69, 9.17) is 30.6 Å². The summed E-state index contributed by atoms with van der Waals surface area (Å²) >= 11 is 18.6. The molecule has 0 aromatic heterocycles. The summed E-state index contributed by atoms with van der Waals surface area (Å²) in [6.45, 7) is 30.0. The minimum absolute atomic E-state index is 0.0263. The summed E-state index contributed by atoms with van der Waals surface area (Å²) in [7, 11) is 0. The van der Waals surface area contributed by atoms with Crippen LogP contribution >= 0.6 is 92.0 Å². The molecular formula is C95H105Br6N9O23. The van der Waals surface area contributed by atoms with Crippen LogP contribution < -0.4 is 5.32 Å². The third-order valence-electron chi connectivity index (χ3n) is 20.4. The summed E-state index contributed by atoms with van der Waals surface area (Å²) in [5.41, 5.74) is 5.23. The predicted molar refractivity (Wildman–Crippen MR) is 517 cm³/mol. The number of benzene rings is 6. The number of nitrogens with one attached hydrogen (secondary N) is 1. The van der Waals surface area contributed by atoms with Gasteiger partial charge in [0.15, 0.2) is 0 Å². The summed E-state index contributed by atoms with van der Waals surface area (Å²) < 4.78 is 21.5. The van der Waals surface area contributed by atoms with Gasteiger partial charge in [-0.1, -0.05) is 149 Å². The number of amides is 14. The molecule has 6 aromatic carbocycles. The molecule has 15 rings (SSSR count). The van der Waals surface area contributed by atoms with Crippen molar-refractivity contribution in [3.8, 4) is 12.3 Å². The number of terminal acetylenes is 1. The molecule has 0 bridgehead atoms. The first-order valence-corrected chi connectivity index (χ1v) is 49.9. The maximum absolute atomic E-state index is 12.2. The van der Waals surface area contributed by atoms with E-state index in [1.54, 1.807) is 155 Å². The molecule has 133 heavy (non-hydrogen) atoms. The number of carbonyl (C=O) groups is 17. The average Bonchev–Trinajstić information content (AvgIpc) is 1.41. The van der Waals surface area contributed by atoms with Crippen LogP contribution in [0.2, 0.25) is 0 Å². The van der Waals surface area contributed by atoms with Gasteiger partial charge < -0.3 is 39.0 Å². The van der Waals surface area contributed by atoms with Crippen molar-refractivity contribution in [1.29, 1.82) is 0 Å². The van der Waals surface area contributed by atoms with Crippen molar-refractivity contribution >= 4 is 193 Å². The molecule has 2 atom stereocenters. The summed E-state index contributed by atoms with van der Waals surface area (Å²) in [5, 5.41) is 12.9. The number of epoxide rings is 2. The first kappa shape index (κ1) is 111. The third-order valence-corrected chi connectivity index (χ3v) is 23.9. The van der Waals surface area contributed by atoms with Crippen LogP contribution in [0.4, 0.5) is 9.59 Å². The van der Waals surface area contributed by atoms with Gasteiger partial charge in [0.1, 0.15) is 34.0 Å². The lowest BCUT2D eigenvalue weighted by molar-refractivity contribution is -0.231. The van der Waals surface area contributed by atoms with Gasteiger partial charge in [0.2, 0.25) is 0 Å². The van der Waals surface area contributed by atoms with Gasteiger partial charge in [-0.3, -0.25) is 96.5 Å². The first-order chi connectivity index (χ1) is 63.2. The highest BCUT2D eigenvalue weighted by atomic mass is 80.9. The van der Waals surface area contributed by atoms with Crippen LogP contribution in [-0.4, -0.2) is 281 Å². The topological polar surface area (TPSA) is 401 Å². The van der Waals surface area contributed by atoms with Crippen molar-refractivity contribution in [1.82, 2.24) is 44.5 Å². The van der Waals surface area contributed by atoms with Crippen LogP contribution in [-0.2, 0) is 38.2 Å². The van der Waals surface area contributed by atoms with Gasteiger partial charge in [0.25, 0.3) is 70.9 Å². The lowest BCUT2D eigenvalue weighted by Gasteiger charge is -2.30. The zero-order valence-corrected chi connectivity index (χ0v) is 84.3. The lowest BCUT2D eigenvalue weighted by Crippen LogP contribution is -2.44. The van der Waals surface area contributed by atoms with E-state index < -0.39 is 17.2 Å². The van der Waals surface area contributed by atoms with E-state index in [2.05, 4.69) is 128 Å². The number of fused-ring (bicyclic) bond motifs is 6. The fourth-order valence-corrected chi connectivity index (χ4v) is 15.0. The minimum atomic E-state index is -0.690. The minimum Gasteiger partial charge on any atom is -0.444 e. The van der Waals surface area contributed by atoms with Crippen LogP contribution in [0.3, 0.4) is 0 Å². The molecule has 710 valence electrons. The largest absolute Gasteiger partial charge is 0.444 e. The number of imide groups is 6. The smallest absolute Gasteiger partial charge is 0.410 e. The van der Waals surface area contributed by atoms with Gasteiger partial charge in [0, 0.05) is 149 Å². The Labute approximate surface area is 820 Å². The van der Waals surface area contributed by atoms with Gasteiger partial charge in [0.05, 0.1) is 85.3 Å². The summed E-state index contributed by atoms with van der Waals surface area (Å²) in [4.78, 5) is 213. The van der Waals surface area contributed by atoms with Gasteiger partial charge in [-0.15, -0.1) is 25.5 Å². The molecule has 2 N–H and O–H groups in total. The van der Waals surface area contributed by atoms with E-state index in [0.717, 1.165) is 33.0 Å². The number of nitrogens with zero attached hydrogens (tertiary/aromatic N) is 8. The fraction of sp³-hybridized carbons (Fsp3) is 0.379. The molecule has 32 nitrogen and oxygen atoms in total. The SMILES string of the molecule is BrBr.C#CCCN1C(=O)c2ccccc2C1=O.C=C.C=C(CBr)CCN1C(=O)c2ccccc2C1=O.CC(=O)CCN1C(=O)c2ccccc2C1=O.CC(=O)OO.CC(C)(C)OC(=O)N1CCNCCN(C(=O)OC(C)(C)C)CC1.O=C(CBr)CCN1C(=O)c2ccccc2C1=O.O=C1c2ccccc2C(=O)N1CCC1(CBr)CO1.O=C1c2ccccc2C(=O)N1CCC1(CBr)CO1. The standard InChI is InChI=1S/C16H31N3O4.2C13H12BrNO3.C13H12BrNO2.C12H10BrNO3.C12H11NO3.C12H9NO2.C2H4O3.C2H4.Br2/c1-15(2,3)22-13(20)18-9-7-17-8-10-19(12-11-18)14(21)23-16(4,5)6;2*14-7-13(8-18-13)5-6-15-11(16)9-3-1-2-4-10(9)12(15)17;1-9(8-14)6-7-15-12(16)10-4-2-3-5-11(10)13(15)17;13-7-8(15)5-6-14-11(16)9-3-1-2-4-10(9)12(14)17;1-8(14)6-7-13-11(15)9-4-2-3-5-10(9)12(13)16;1-2-3-8-13-11(14)9-6-4-5-7-10(9)12(13)15;1-2(3)5-4;2*1-2/h17H,7-12H2,1-6H3;2*1-4H,5-8H2;2-5H,1,6-8H2;1-4H,5-7H2;2-5H,6-7H2,1H3;1,4-7H,3,8H2;4H,1H3;1-2H2;. The Balaban J connectivity index is 0.000000236. The van der Waals surface area contributed by atoms with Gasteiger partial charge >= 0.3 is 18.2 Å². The maximum Gasteiger partial charge on any atom is 0.410 e. The average molecular weight is 2220 g/mol. The van der Waals surface area contributed by atoms with E-state index in [9.17, 15) is 81.5 Å². The van der Waals surface area contributed by atoms with Crippen molar-refractivity contribution in [3.63, 3.8) is 0 Å². The van der Waals surface area contributed by atoms with E-state index in [0.29, 0.717) is 176 Å². The molecule has 9 aliphatic rings. The molecule has 0 aliphatic carbocycles. The first-order valence-electron chi connectivity index (χ1n) is 41.7.